The second-order valence-electron chi connectivity index (χ2n) is 10.8. The normalized spacial score (nSPS) is 12.0. The van der Waals surface area contributed by atoms with Crippen LogP contribution in [0.5, 0.6) is 0 Å². The monoisotopic (exact) mass is 511 g/mol. The van der Waals surface area contributed by atoms with Gasteiger partial charge in [-0.1, -0.05) is 25.1 Å². The Morgan fingerprint density at radius 1 is 0.946 bits per heavy atom. The van der Waals surface area contributed by atoms with Gasteiger partial charge in [0, 0.05) is 30.4 Å². The van der Waals surface area contributed by atoms with E-state index in [4.69, 9.17) is 14.2 Å². The number of hydrogen-bond donors (Lipinski definition) is 2. The number of nitrogens with one attached hydrogen (secondary N) is 2. The first kappa shape index (κ1) is 28.0. The summed E-state index contributed by atoms with van der Waals surface area (Å²) in [5, 5.41) is 4.23. The first-order chi connectivity index (χ1) is 17.3. The molecule has 0 aliphatic carbocycles. The molecule has 37 heavy (non-hydrogen) atoms. The van der Waals surface area contributed by atoms with Crippen molar-refractivity contribution in [3.8, 4) is 0 Å². The average Bonchev–Trinajstić information content (AvgIpc) is 3.35. The van der Waals surface area contributed by atoms with Crippen LogP contribution in [0.2, 0.25) is 0 Å². The summed E-state index contributed by atoms with van der Waals surface area (Å²) in [7, 11) is 1.31. The van der Waals surface area contributed by atoms with E-state index in [1.54, 1.807) is 27.0 Å². The smallest absolute Gasteiger partial charge is 0.419 e. The number of ether oxygens (including phenoxy) is 3. The molecule has 0 atom stereocenters. The lowest BCUT2D eigenvalue weighted by Crippen LogP contribution is -2.26. The van der Waals surface area contributed by atoms with Crippen molar-refractivity contribution in [3.05, 3.63) is 58.5 Å². The number of benzene rings is 1. The van der Waals surface area contributed by atoms with Gasteiger partial charge in [0.05, 0.1) is 18.2 Å². The number of H-pyrrole nitrogens is 1. The summed E-state index contributed by atoms with van der Waals surface area (Å²) in [5.41, 5.74) is 1.98. The Morgan fingerprint density at radius 2 is 1.59 bits per heavy atom. The fraction of sp³-hybridized carbons (Fsp3) is 0.464. The number of esters is 2. The van der Waals surface area contributed by atoms with E-state index in [1.807, 2.05) is 52.0 Å². The Labute approximate surface area is 217 Å². The summed E-state index contributed by atoms with van der Waals surface area (Å²) in [6.45, 7) is 13.4. The van der Waals surface area contributed by atoms with E-state index in [2.05, 4.69) is 10.3 Å². The number of carbonyl (C=O) groups is 3. The molecular weight excluding hydrogens is 474 g/mol. The number of hydrogen-bond acceptors (Lipinski definition) is 7. The predicted octanol–water partition coefficient (Wildman–Crippen LogP) is 5.35. The number of fused-ring (bicyclic) bond motifs is 1. The summed E-state index contributed by atoms with van der Waals surface area (Å²) in [6, 6.07) is 7.58. The Hall–Kier alpha value is -3.59. The maximum atomic E-state index is 12.9. The molecule has 0 fully saturated rings. The minimum Gasteiger partial charge on any atom is -0.465 e. The van der Waals surface area contributed by atoms with Crippen LogP contribution in [-0.4, -0.2) is 45.9 Å². The molecule has 0 aliphatic heterocycles. The number of nitrogens with zero attached hydrogens (tertiary/aromatic N) is 1. The first-order valence-corrected chi connectivity index (χ1v) is 12.3. The summed E-state index contributed by atoms with van der Waals surface area (Å²) in [6.07, 6.45) is 1.74. The molecule has 0 radical (unpaired) electrons. The predicted molar refractivity (Wildman–Crippen MR) is 141 cm³/mol. The molecule has 0 saturated heterocycles. The van der Waals surface area contributed by atoms with Gasteiger partial charge >= 0.3 is 18.0 Å². The maximum Gasteiger partial charge on any atom is 0.419 e. The zero-order chi connectivity index (χ0) is 27.5. The van der Waals surface area contributed by atoms with Gasteiger partial charge in [0.1, 0.15) is 16.9 Å². The Morgan fingerprint density at radius 3 is 2.19 bits per heavy atom. The third kappa shape index (κ3) is 6.60. The zero-order valence-corrected chi connectivity index (χ0v) is 22.9. The number of para-hydroxylation sites is 1. The van der Waals surface area contributed by atoms with Gasteiger partial charge in [-0.05, 0) is 65.2 Å². The van der Waals surface area contributed by atoms with E-state index in [0.717, 1.165) is 16.5 Å². The fourth-order valence-electron chi connectivity index (χ4n) is 4.11. The highest BCUT2D eigenvalue weighted by Gasteiger charge is 2.29. The summed E-state index contributed by atoms with van der Waals surface area (Å²) in [5.74, 6) is -1.05. The van der Waals surface area contributed by atoms with Gasteiger partial charge in [-0.25, -0.2) is 14.4 Å². The van der Waals surface area contributed by atoms with Crippen molar-refractivity contribution in [2.45, 2.75) is 79.2 Å². The molecule has 1 aromatic carbocycles. The lowest BCUT2D eigenvalue weighted by atomic mass is 10.1. The van der Waals surface area contributed by atoms with E-state index in [0.29, 0.717) is 29.8 Å². The molecule has 3 rings (SSSR count). The summed E-state index contributed by atoms with van der Waals surface area (Å²) < 4.78 is 17.6. The van der Waals surface area contributed by atoms with E-state index in [9.17, 15) is 14.4 Å². The zero-order valence-electron chi connectivity index (χ0n) is 22.9. The Bertz CT molecular complexity index is 1300. The molecule has 9 heteroatoms. The number of methoxy groups -OCH3 is 1. The van der Waals surface area contributed by atoms with Gasteiger partial charge in [-0.3, -0.25) is 4.57 Å². The number of rotatable bonds is 7. The van der Waals surface area contributed by atoms with Crippen LogP contribution in [0.1, 0.15) is 86.1 Å². The largest absolute Gasteiger partial charge is 0.465 e. The van der Waals surface area contributed by atoms with E-state index >= 15 is 0 Å². The molecule has 3 aromatic rings. The van der Waals surface area contributed by atoms with Gasteiger partial charge in [0.2, 0.25) is 0 Å². The number of carbonyl (C=O) groups excluding carboxylic acids is 3. The highest BCUT2D eigenvalue weighted by atomic mass is 16.6. The van der Waals surface area contributed by atoms with E-state index in [-0.39, 0.29) is 12.2 Å². The van der Waals surface area contributed by atoms with E-state index < -0.39 is 29.2 Å². The number of aromatic amines is 1. The van der Waals surface area contributed by atoms with Crippen molar-refractivity contribution in [1.82, 2.24) is 14.9 Å². The molecule has 0 spiro atoms. The van der Waals surface area contributed by atoms with Crippen LogP contribution in [-0.2, 0) is 33.7 Å². The molecular formula is C28H37N3O6. The van der Waals surface area contributed by atoms with Crippen LogP contribution in [0.15, 0.2) is 30.5 Å². The van der Waals surface area contributed by atoms with Gasteiger partial charge in [-0.15, -0.1) is 0 Å². The maximum absolute atomic E-state index is 12.9. The molecule has 2 heterocycles. The fourth-order valence-corrected chi connectivity index (χ4v) is 4.11. The van der Waals surface area contributed by atoms with Crippen molar-refractivity contribution in [3.63, 3.8) is 0 Å². The van der Waals surface area contributed by atoms with Gasteiger partial charge in [-0.2, -0.15) is 0 Å². The average molecular weight is 512 g/mol. The van der Waals surface area contributed by atoms with Gasteiger partial charge in [0.15, 0.2) is 0 Å². The molecule has 0 unspecified atom stereocenters. The van der Waals surface area contributed by atoms with Gasteiger partial charge < -0.3 is 24.5 Å². The van der Waals surface area contributed by atoms with Crippen molar-refractivity contribution in [2.24, 2.45) is 0 Å². The van der Waals surface area contributed by atoms with Crippen molar-refractivity contribution in [1.29, 1.82) is 0 Å². The lowest BCUT2D eigenvalue weighted by Gasteiger charge is -2.19. The van der Waals surface area contributed by atoms with Crippen molar-refractivity contribution >= 4 is 28.9 Å². The van der Waals surface area contributed by atoms with Crippen molar-refractivity contribution in [2.75, 3.05) is 7.11 Å². The standard InChI is InChI=1S/C28H37N3O6/c1-9-18-22(24(32)35-8)20(30-23(18)25(33)36-27(2,3)4)15-29-14-17-16-31(26(34)37-28(5,6)7)21-13-11-10-12-19(17)21/h10-13,16,29-30H,9,14-15H2,1-8H3. The Balaban J connectivity index is 1.89. The molecule has 2 aromatic heterocycles. The van der Waals surface area contributed by atoms with Gasteiger partial charge in [0.25, 0.3) is 0 Å². The SMILES string of the molecule is CCc1c(C(=O)OC(C)(C)C)[nH]c(CNCc2cn(C(=O)OC(C)(C)C)c3ccccc23)c1C(=O)OC. The third-order valence-electron chi connectivity index (χ3n) is 5.53. The Kier molecular flexibility index (Phi) is 8.17. The van der Waals surface area contributed by atoms with Crippen molar-refractivity contribution < 1.29 is 28.6 Å². The van der Waals surface area contributed by atoms with Crippen LogP contribution in [0, 0.1) is 0 Å². The summed E-state index contributed by atoms with van der Waals surface area (Å²) >= 11 is 0. The van der Waals surface area contributed by atoms with Crippen LogP contribution in [0.25, 0.3) is 10.9 Å². The lowest BCUT2D eigenvalue weighted by molar-refractivity contribution is 0.00619. The minimum atomic E-state index is -0.681. The van der Waals surface area contributed by atoms with E-state index in [1.165, 1.54) is 11.7 Å². The molecule has 0 amide bonds. The van der Waals surface area contributed by atoms with Crippen LogP contribution >= 0.6 is 0 Å². The van der Waals surface area contributed by atoms with Crippen LogP contribution < -0.4 is 5.32 Å². The molecule has 0 aliphatic rings. The van der Waals surface area contributed by atoms with Crippen LogP contribution in [0.3, 0.4) is 0 Å². The molecule has 2 N–H and O–H groups in total. The minimum absolute atomic E-state index is 0.246. The second-order valence-corrected chi connectivity index (χ2v) is 10.8. The topological polar surface area (TPSA) is 112 Å². The molecule has 0 saturated carbocycles. The second kappa shape index (κ2) is 10.8. The first-order valence-electron chi connectivity index (χ1n) is 12.3. The highest BCUT2D eigenvalue weighted by molar-refractivity contribution is 5.99. The quantitative estimate of drug-likeness (QED) is 0.325. The third-order valence-corrected chi connectivity index (χ3v) is 5.53. The molecule has 200 valence electrons. The molecule has 9 nitrogen and oxygen atoms in total. The summed E-state index contributed by atoms with van der Waals surface area (Å²) in [4.78, 5) is 41.4. The molecule has 0 bridgehead atoms. The van der Waals surface area contributed by atoms with Crippen LogP contribution in [0.4, 0.5) is 4.79 Å². The highest BCUT2D eigenvalue weighted by Crippen LogP contribution is 2.25. The number of aromatic nitrogens is 2.